The predicted octanol–water partition coefficient (Wildman–Crippen LogP) is 2.53. The smallest absolute Gasteiger partial charge is 0.333 e. The number of hydrogen-bond donors (Lipinski definition) is 0. The highest BCUT2D eigenvalue weighted by Gasteiger charge is 2.21. The van der Waals surface area contributed by atoms with Crippen LogP contribution in [0.15, 0.2) is 12.2 Å². The average molecular weight is 224 g/mol. The summed E-state index contributed by atoms with van der Waals surface area (Å²) in [6, 6.07) is 0. The van der Waals surface area contributed by atoms with E-state index in [2.05, 4.69) is 11.3 Å². The van der Waals surface area contributed by atoms with E-state index in [0.717, 1.165) is 0 Å². The van der Waals surface area contributed by atoms with Gasteiger partial charge in [0.2, 0.25) is 0 Å². The molecule has 0 saturated carbocycles. The lowest BCUT2D eigenvalue weighted by molar-refractivity contribution is -0.141. The number of hydrogen-bond acceptors (Lipinski definition) is 2. The van der Waals surface area contributed by atoms with Crippen LogP contribution in [-0.2, 0) is 9.53 Å². The molecule has 0 aliphatic rings. The third kappa shape index (κ3) is 6.14. The zero-order valence-electron chi connectivity index (χ0n) is 8.64. The molecule has 0 amide bonds. The van der Waals surface area contributed by atoms with Gasteiger partial charge in [0.1, 0.15) is 12.8 Å². The molecule has 0 aromatic rings. The fourth-order valence-corrected chi connectivity index (χ4v) is 0.836. The topological polar surface area (TPSA) is 26.3 Å². The third-order valence-electron chi connectivity index (χ3n) is 1.73. The van der Waals surface area contributed by atoms with Gasteiger partial charge in [-0.3, -0.25) is 4.39 Å². The maximum absolute atomic E-state index is 12.9. The zero-order valence-corrected chi connectivity index (χ0v) is 8.64. The van der Waals surface area contributed by atoms with Gasteiger partial charge < -0.3 is 4.74 Å². The predicted molar refractivity (Wildman–Crippen MR) is 50.8 cm³/mol. The SMILES string of the molecule is C=C(C)C(=O)OCC(F)C(F)CCCF. The summed E-state index contributed by atoms with van der Waals surface area (Å²) in [6.45, 7) is 3.36. The summed E-state index contributed by atoms with van der Waals surface area (Å²) in [5, 5.41) is 0. The molecule has 88 valence electrons. The fourth-order valence-electron chi connectivity index (χ4n) is 0.836. The molecule has 0 radical (unpaired) electrons. The lowest BCUT2D eigenvalue weighted by atomic mass is 10.1. The summed E-state index contributed by atoms with van der Waals surface area (Å²) in [5.74, 6) is -0.754. The Kier molecular flexibility index (Phi) is 6.83. The number of alkyl halides is 3. The molecule has 2 atom stereocenters. The first-order valence-corrected chi connectivity index (χ1v) is 4.65. The van der Waals surface area contributed by atoms with Crippen LogP contribution >= 0.6 is 0 Å². The van der Waals surface area contributed by atoms with Gasteiger partial charge >= 0.3 is 5.97 Å². The zero-order chi connectivity index (χ0) is 11.8. The van der Waals surface area contributed by atoms with Crippen LogP contribution in [0.2, 0.25) is 0 Å². The van der Waals surface area contributed by atoms with Crippen molar-refractivity contribution in [2.24, 2.45) is 0 Å². The summed E-state index contributed by atoms with van der Waals surface area (Å²) < 4.78 is 41.9. The van der Waals surface area contributed by atoms with E-state index in [1.807, 2.05) is 0 Å². The second-order valence-corrected chi connectivity index (χ2v) is 3.24. The Morgan fingerprint density at radius 2 is 2.00 bits per heavy atom. The van der Waals surface area contributed by atoms with Gasteiger partial charge in [0.15, 0.2) is 6.17 Å². The molecule has 0 rings (SSSR count). The fraction of sp³-hybridized carbons (Fsp3) is 0.700. The van der Waals surface area contributed by atoms with E-state index in [0.29, 0.717) is 0 Å². The van der Waals surface area contributed by atoms with Gasteiger partial charge in [0.25, 0.3) is 0 Å². The van der Waals surface area contributed by atoms with Crippen molar-refractivity contribution in [2.45, 2.75) is 32.1 Å². The Morgan fingerprint density at radius 3 is 2.47 bits per heavy atom. The minimum atomic E-state index is -1.90. The van der Waals surface area contributed by atoms with Gasteiger partial charge in [0.05, 0.1) is 6.67 Å². The molecule has 0 heterocycles. The molecule has 5 heteroatoms. The maximum atomic E-state index is 12.9. The normalized spacial score (nSPS) is 14.4. The number of carbonyl (C=O) groups excluding carboxylic acids is 1. The van der Waals surface area contributed by atoms with Gasteiger partial charge in [-0.25, -0.2) is 13.6 Å². The highest BCUT2D eigenvalue weighted by Crippen LogP contribution is 2.11. The van der Waals surface area contributed by atoms with Gasteiger partial charge in [-0.1, -0.05) is 6.58 Å². The molecule has 2 unspecified atom stereocenters. The Labute approximate surface area is 87.1 Å². The molecule has 0 aromatic carbocycles. The minimum Gasteiger partial charge on any atom is -0.459 e. The Balaban J connectivity index is 3.77. The van der Waals surface area contributed by atoms with Crippen LogP contribution in [-0.4, -0.2) is 31.6 Å². The molecule has 0 bridgehead atoms. The van der Waals surface area contributed by atoms with E-state index in [4.69, 9.17) is 0 Å². The molecule has 0 aliphatic carbocycles. The van der Waals surface area contributed by atoms with Crippen molar-refractivity contribution in [3.63, 3.8) is 0 Å². The van der Waals surface area contributed by atoms with E-state index >= 15 is 0 Å². The van der Waals surface area contributed by atoms with Gasteiger partial charge in [-0.2, -0.15) is 0 Å². The van der Waals surface area contributed by atoms with E-state index in [-0.39, 0.29) is 18.4 Å². The van der Waals surface area contributed by atoms with Crippen molar-refractivity contribution < 1.29 is 22.7 Å². The summed E-state index contributed by atoms with van der Waals surface area (Å²) in [5.41, 5.74) is 0.126. The third-order valence-corrected chi connectivity index (χ3v) is 1.73. The largest absolute Gasteiger partial charge is 0.459 e. The van der Waals surface area contributed by atoms with E-state index < -0.39 is 31.6 Å². The van der Waals surface area contributed by atoms with Crippen LogP contribution < -0.4 is 0 Å². The Hall–Kier alpha value is -1.00. The first-order chi connectivity index (χ1) is 6.99. The minimum absolute atomic E-state index is 0.0317. The van der Waals surface area contributed by atoms with Crippen molar-refractivity contribution in [2.75, 3.05) is 13.3 Å². The molecule has 0 spiro atoms. The molecule has 0 N–H and O–H groups in total. The standard InChI is InChI=1S/C10H15F3O2/c1-7(2)10(14)15-6-9(13)8(12)4-3-5-11/h8-9H,1,3-6H2,2H3. The van der Waals surface area contributed by atoms with E-state index in [1.54, 1.807) is 0 Å². The molecular weight excluding hydrogens is 209 g/mol. The highest BCUT2D eigenvalue weighted by molar-refractivity contribution is 5.86. The van der Waals surface area contributed by atoms with Crippen LogP contribution in [0.5, 0.6) is 0 Å². The van der Waals surface area contributed by atoms with Crippen LogP contribution in [0.1, 0.15) is 19.8 Å². The monoisotopic (exact) mass is 224 g/mol. The highest BCUT2D eigenvalue weighted by atomic mass is 19.2. The number of halogens is 3. The lowest BCUT2D eigenvalue weighted by Gasteiger charge is -2.13. The number of carbonyl (C=O) groups is 1. The lowest BCUT2D eigenvalue weighted by Crippen LogP contribution is -2.25. The van der Waals surface area contributed by atoms with Gasteiger partial charge in [-0.15, -0.1) is 0 Å². The first kappa shape index (κ1) is 14.0. The molecule has 0 saturated heterocycles. The Morgan fingerprint density at radius 1 is 1.40 bits per heavy atom. The maximum Gasteiger partial charge on any atom is 0.333 e. The summed E-state index contributed by atoms with van der Waals surface area (Å²) in [7, 11) is 0. The van der Waals surface area contributed by atoms with Crippen molar-refractivity contribution in [3.8, 4) is 0 Å². The number of esters is 1. The quantitative estimate of drug-likeness (QED) is 0.490. The molecule has 0 fully saturated rings. The van der Waals surface area contributed by atoms with Gasteiger partial charge in [-0.05, 0) is 19.8 Å². The van der Waals surface area contributed by atoms with Crippen LogP contribution in [0.25, 0.3) is 0 Å². The van der Waals surface area contributed by atoms with Crippen molar-refractivity contribution in [1.29, 1.82) is 0 Å². The molecular formula is C10H15F3O2. The molecule has 0 aromatic heterocycles. The van der Waals surface area contributed by atoms with Crippen LogP contribution in [0.3, 0.4) is 0 Å². The van der Waals surface area contributed by atoms with Crippen molar-refractivity contribution in [1.82, 2.24) is 0 Å². The van der Waals surface area contributed by atoms with Crippen LogP contribution in [0, 0.1) is 0 Å². The number of rotatable bonds is 7. The van der Waals surface area contributed by atoms with Crippen molar-refractivity contribution >= 4 is 5.97 Å². The molecule has 0 aliphatic heterocycles. The summed E-state index contributed by atoms with van der Waals surface area (Å²) in [6.07, 6.45) is -3.93. The molecule has 15 heavy (non-hydrogen) atoms. The van der Waals surface area contributed by atoms with E-state index in [9.17, 15) is 18.0 Å². The Bertz CT molecular complexity index is 219. The summed E-state index contributed by atoms with van der Waals surface area (Å²) in [4.78, 5) is 10.8. The van der Waals surface area contributed by atoms with Crippen LogP contribution in [0.4, 0.5) is 13.2 Å². The second kappa shape index (κ2) is 7.31. The van der Waals surface area contributed by atoms with E-state index in [1.165, 1.54) is 6.92 Å². The van der Waals surface area contributed by atoms with Crippen molar-refractivity contribution in [3.05, 3.63) is 12.2 Å². The van der Waals surface area contributed by atoms with Gasteiger partial charge in [0, 0.05) is 5.57 Å². The second-order valence-electron chi connectivity index (χ2n) is 3.24. The number of ether oxygens (including phenoxy) is 1. The molecule has 2 nitrogen and oxygen atoms in total. The average Bonchev–Trinajstić information content (AvgIpc) is 2.21. The first-order valence-electron chi connectivity index (χ1n) is 4.65. The summed E-state index contributed by atoms with van der Waals surface area (Å²) >= 11 is 0.